The van der Waals surface area contributed by atoms with Gasteiger partial charge in [0.2, 0.25) is 0 Å². The predicted molar refractivity (Wildman–Crippen MR) is 80.4 cm³/mol. The van der Waals surface area contributed by atoms with Gasteiger partial charge in [-0.2, -0.15) is 0 Å². The summed E-state index contributed by atoms with van der Waals surface area (Å²) in [6.07, 6.45) is 1.45. The molecular weight excluding hydrogens is 302 g/mol. The maximum Gasteiger partial charge on any atom is 0.352 e. The topological polar surface area (TPSA) is 78.1 Å². The zero-order valence-corrected chi connectivity index (χ0v) is 12.9. The minimum atomic E-state index is -0.466. The molecule has 0 unspecified atom stereocenters. The monoisotopic (exact) mass is 315 g/mol. The molecule has 0 atom stereocenters. The summed E-state index contributed by atoms with van der Waals surface area (Å²) in [4.78, 5) is 16.7. The third-order valence-corrected chi connectivity index (χ3v) is 3.69. The fourth-order valence-electron chi connectivity index (χ4n) is 1.98. The van der Waals surface area contributed by atoms with Crippen LogP contribution in [0.15, 0.2) is 34.9 Å². The van der Waals surface area contributed by atoms with Gasteiger partial charge in [0, 0.05) is 6.92 Å². The van der Waals surface area contributed by atoms with Crippen molar-refractivity contribution in [2.75, 3.05) is 0 Å². The van der Waals surface area contributed by atoms with Crippen molar-refractivity contribution in [2.45, 2.75) is 20.5 Å². The highest BCUT2D eigenvalue weighted by atomic mass is 32.1. The van der Waals surface area contributed by atoms with Crippen LogP contribution in [0.1, 0.15) is 26.7 Å². The Morgan fingerprint density at radius 1 is 1.36 bits per heavy atom. The zero-order chi connectivity index (χ0) is 15.5. The molecule has 0 aliphatic heterocycles. The Hall–Kier alpha value is -2.54. The Bertz CT molecular complexity index is 810. The van der Waals surface area contributed by atoms with E-state index in [9.17, 15) is 4.79 Å². The molecule has 0 radical (unpaired) electrons. The first-order valence-electron chi connectivity index (χ1n) is 6.61. The quantitative estimate of drug-likeness (QED) is 0.688. The number of aryl methyl sites for hydroxylation is 2. The largest absolute Gasteiger partial charge is 0.457 e. The fraction of sp³-hybridized carbons (Fsp3) is 0.200. The molecule has 3 aromatic rings. The normalized spacial score (nSPS) is 10.6. The summed E-state index contributed by atoms with van der Waals surface area (Å²) >= 11 is 0.983. The molecule has 6 nitrogen and oxygen atoms in total. The predicted octanol–water partition coefficient (Wildman–Crippen LogP) is 3.17. The van der Waals surface area contributed by atoms with E-state index in [2.05, 4.69) is 14.6 Å². The summed E-state index contributed by atoms with van der Waals surface area (Å²) < 4.78 is 14.3. The van der Waals surface area contributed by atoms with Crippen LogP contribution in [0.3, 0.4) is 0 Å². The lowest BCUT2D eigenvalue weighted by molar-refractivity contribution is 0.0479. The summed E-state index contributed by atoms with van der Waals surface area (Å²) in [5, 5.41) is 3.94. The van der Waals surface area contributed by atoms with Gasteiger partial charge in [0.1, 0.15) is 24.3 Å². The Labute approximate surface area is 130 Å². The average Bonchev–Trinajstić information content (AvgIpc) is 3.13. The standard InChI is InChI=1S/C15H13N3O3S/c1-9-4-3-5-11(6-9)7-21-15(19)14-13(17-18-22-14)12-8-20-10(2)16-12/h3-6,8H,7H2,1-2H3. The minimum Gasteiger partial charge on any atom is -0.457 e. The number of nitrogens with zero attached hydrogens (tertiary/aromatic N) is 3. The highest BCUT2D eigenvalue weighted by Gasteiger charge is 2.21. The number of hydrogen-bond acceptors (Lipinski definition) is 7. The lowest BCUT2D eigenvalue weighted by Gasteiger charge is -2.04. The molecule has 2 aromatic heterocycles. The first-order valence-corrected chi connectivity index (χ1v) is 7.38. The van der Waals surface area contributed by atoms with Crippen LogP contribution in [0.4, 0.5) is 0 Å². The minimum absolute atomic E-state index is 0.204. The van der Waals surface area contributed by atoms with Crippen molar-refractivity contribution >= 4 is 17.5 Å². The summed E-state index contributed by atoms with van der Waals surface area (Å²) in [6.45, 7) is 3.91. The Morgan fingerprint density at radius 2 is 2.23 bits per heavy atom. The number of benzene rings is 1. The highest BCUT2D eigenvalue weighted by molar-refractivity contribution is 7.08. The second-order valence-corrected chi connectivity index (χ2v) is 5.52. The number of oxazole rings is 1. The van der Waals surface area contributed by atoms with Crippen molar-refractivity contribution in [2.24, 2.45) is 0 Å². The van der Waals surface area contributed by atoms with Crippen LogP contribution in [0.2, 0.25) is 0 Å². The number of hydrogen-bond donors (Lipinski definition) is 0. The van der Waals surface area contributed by atoms with E-state index in [0.717, 1.165) is 22.7 Å². The maximum absolute atomic E-state index is 12.2. The van der Waals surface area contributed by atoms with Gasteiger partial charge in [0.15, 0.2) is 10.8 Å². The van der Waals surface area contributed by atoms with E-state index in [1.165, 1.54) is 6.26 Å². The highest BCUT2D eigenvalue weighted by Crippen LogP contribution is 2.24. The first-order chi connectivity index (χ1) is 10.6. The van der Waals surface area contributed by atoms with E-state index >= 15 is 0 Å². The lowest BCUT2D eigenvalue weighted by Crippen LogP contribution is -2.05. The Kier molecular flexibility index (Phi) is 3.97. The Balaban J connectivity index is 1.75. The smallest absolute Gasteiger partial charge is 0.352 e. The third kappa shape index (κ3) is 3.04. The lowest BCUT2D eigenvalue weighted by atomic mass is 10.1. The van der Waals surface area contributed by atoms with Gasteiger partial charge in [-0.25, -0.2) is 9.78 Å². The van der Waals surface area contributed by atoms with E-state index in [1.54, 1.807) is 6.92 Å². The van der Waals surface area contributed by atoms with Crippen LogP contribution in [0, 0.1) is 13.8 Å². The average molecular weight is 315 g/mol. The van der Waals surface area contributed by atoms with Crippen LogP contribution in [-0.2, 0) is 11.3 Å². The van der Waals surface area contributed by atoms with Crippen LogP contribution >= 0.6 is 11.5 Å². The van der Waals surface area contributed by atoms with Crippen molar-refractivity contribution in [1.82, 2.24) is 14.6 Å². The summed E-state index contributed by atoms with van der Waals surface area (Å²) in [5.74, 6) is 0.0363. The van der Waals surface area contributed by atoms with Gasteiger partial charge in [-0.15, -0.1) is 5.10 Å². The van der Waals surface area contributed by atoms with E-state index < -0.39 is 5.97 Å². The van der Waals surface area contributed by atoms with Gasteiger partial charge in [0.05, 0.1) is 0 Å². The van der Waals surface area contributed by atoms with E-state index in [1.807, 2.05) is 31.2 Å². The number of rotatable bonds is 4. The SMILES string of the molecule is Cc1cccc(COC(=O)c2snnc2-c2coc(C)n2)c1. The number of aromatic nitrogens is 3. The molecule has 0 aliphatic rings. The second kappa shape index (κ2) is 6.07. The van der Waals surface area contributed by atoms with Gasteiger partial charge in [-0.1, -0.05) is 34.3 Å². The molecule has 0 fully saturated rings. The number of carbonyl (C=O) groups excluding carboxylic acids is 1. The van der Waals surface area contributed by atoms with E-state index in [-0.39, 0.29) is 6.61 Å². The van der Waals surface area contributed by atoms with Crippen LogP contribution in [0.25, 0.3) is 11.4 Å². The summed E-state index contributed by atoms with van der Waals surface area (Å²) in [5.41, 5.74) is 2.92. The van der Waals surface area contributed by atoms with Crippen LogP contribution in [0.5, 0.6) is 0 Å². The molecule has 3 rings (SSSR count). The molecule has 0 amide bonds. The maximum atomic E-state index is 12.2. The summed E-state index contributed by atoms with van der Waals surface area (Å²) in [7, 11) is 0. The molecule has 2 heterocycles. The third-order valence-electron chi connectivity index (χ3n) is 2.99. The number of esters is 1. The van der Waals surface area contributed by atoms with Crippen LogP contribution < -0.4 is 0 Å². The molecule has 112 valence electrons. The molecule has 0 spiro atoms. The molecule has 22 heavy (non-hydrogen) atoms. The van der Waals surface area contributed by atoms with Crippen LogP contribution in [-0.4, -0.2) is 20.5 Å². The molecule has 0 N–H and O–H groups in total. The van der Waals surface area contributed by atoms with Gasteiger partial charge < -0.3 is 9.15 Å². The van der Waals surface area contributed by atoms with Gasteiger partial charge in [-0.3, -0.25) is 0 Å². The second-order valence-electron chi connectivity index (χ2n) is 4.77. The molecule has 0 saturated heterocycles. The zero-order valence-electron chi connectivity index (χ0n) is 12.1. The van der Waals surface area contributed by atoms with Crippen molar-refractivity contribution in [3.63, 3.8) is 0 Å². The molecular formula is C15H13N3O3S. The molecule has 7 heteroatoms. The Morgan fingerprint density at radius 3 is 2.95 bits per heavy atom. The van der Waals surface area contributed by atoms with Gasteiger partial charge in [0.25, 0.3) is 0 Å². The molecule has 0 bridgehead atoms. The number of carbonyl (C=O) groups is 1. The van der Waals surface area contributed by atoms with Crippen molar-refractivity contribution in [3.8, 4) is 11.4 Å². The van der Waals surface area contributed by atoms with Crippen molar-refractivity contribution in [3.05, 3.63) is 52.4 Å². The fourth-order valence-corrected chi connectivity index (χ4v) is 2.55. The van der Waals surface area contributed by atoms with Crippen molar-refractivity contribution < 1.29 is 13.9 Å². The molecule has 0 saturated carbocycles. The summed E-state index contributed by atoms with van der Waals surface area (Å²) in [6, 6.07) is 7.80. The van der Waals surface area contributed by atoms with E-state index in [4.69, 9.17) is 9.15 Å². The van der Waals surface area contributed by atoms with Crippen molar-refractivity contribution in [1.29, 1.82) is 0 Å². The molecule has 1 aromatic carbocycles. The molecule has 0 aliphatic carbocycles. The van der Waals surface area contributed by atoms with Gasteiger partial charge in [-0.05, 0) is 24.0 Å². The van der Waals surface area contributed by atoms with Gasteiger partial charge >= 0.3 is 5.97 Å². The first kappa shape index (κ1) is 14.4. The number of ether oxygens (including phenoxy) is 1. The van der Waals surface area contributed by atoms with E-state index in [0.29, 0.717) is 22.2 Å².